The predicted octanol–water partition coefficient (Wildman–Crippen LogP) is 1.10. The van der Waals surface area contributed by atoms with Gasteiger partial charge in [0.2, 0.25) is 0 Å². The summed E-state index contributed by atoms with van der Waals surface area (Å²) in [5.41, 5.74) is 3.91. The van der Waals surface area contributed by atoms with Gasteiger partial charge in [-0.15, -0.1) is 0 Å². The number of quaternary nitrogens is 1. The second kappa shape index (κ2) is 7.49. The molecule has 0 spiro atoms. The molecule has 4 rings (SSSR count). The van der Waals surface area contributed by atoms with Crippen molar-refractivity contribution >= 4 is 6.21 Å². The number of piperazine rings is 1. The Balaban J connectivity index is 1.67. The molecule has 6 heteroatoms. The van der Waals surface area contributed by atoms with Crippen LogP contribution >= 0.6 is 0 Å². The van der Waals surface area contributed by atoms with E-state index in [9.17, 15) is 0 Å². The van der Waals surface area contributed by atoms with Crippen LogP contribution in [0.3, 0.4) is 0 Å². The van der Waals surface area contributed by atoms with Crippen molar-refractivity contribution in [1.29, 1.82) is 0 Å². The molecule has 0 atom stereocenters. The number of nitrogens with one attached hydrogen (secondary N) is 1. The fraction of sp³-hybridized carbons (Fsp3) is 0.250. The van der Waals surface area contributed by atoms with Crippen LogP contribution in [0.4, 0.5) is 0 Å². The third-order valence-corrected chi connectivity index (χ3v) is 4.65. The molecule has 0 unspecified atom stereocenters. The van der Waals surface area contributed by atoms with Crippen molar-refractivity contribution in [1.82, 2.24) is 19.8 Å². The van der Waals surface area contributed by atoms with E-state index in [4.69, 9.17) is 10.2 Å². The van der Waals surface area contributed by atoms with Crippen LogP contribution in [0.1, 0.15) is 5.56 Å². The lowest BCUT2D eigenvalue weighted by Gasteiger charge is -2.27. The van der Waals surface area contributed by atoms with E-state index >= 15 is 0 Å². The van der Waals surface area contributed by atoms with Gasteiger partial charge >= 0.3 is 0 Å². The molecule has 1 aliphatic rings. The average Bonchev–Trinajstić information content (AvgIpc) is 3.13. The number of hydrogen-bond acceptors (Lipinski definition) is 4. The van der Waals surface area contributed by atoms with Crippen LogP contribution in [-0.4, -0.2) is 59.2 Å². The summed E-state index contributed by atoms with van der Waals surface area (Å²) < 4.78 is 1.90. The standard InChI is InChI=1S/C20H22N6/c1-24-10-12-25(13-11-24)22-15-18-16-26(19-7-3-2-4-8-19)23-20(18)17-6-5-9-21-14-17/h2-9,14-16H,10-13H2,1H3/p+1/b22-15-. The van der Waals surface area contributed by atoms with Crippen molar-refractivity contribution in [3.05, 3.63) is 66.6 Å². The zero-order valence-electron chi connectivity index (χ0n) is 14.9. The molecule has 2 aromatic heterocycles. The van der Waals surface area contributed by atoms with Crippen LogP contribution < -0.4 is 4.90 Å². The van der Waals surface area contributed by atoms with Gasteiger partial charge in [-0.1, -0.05) is 18.2 Å². The van der Waals surface area contributed by atoms with Crippen molar-refractivity contribution in [3.8, 4) is 16.9 Å². The maximum Gasteiger partial charge on any atom is 0.103 e. The molecule has 0 aliphatic carbocycles. The Hall–Kier alpha value is -2.99. The first kappa shape index (κ1) is 16.5. The van der Waals surface area contributed by atoms with Gasteiger partial charge in [-0.3, -0.25) is 9.99 Å². The van der Waals surface area contributed by atoms with E-state index in [-0.39, 0.29) is 0 Å². The number of nitrogens with zero attached hydrogens (tertiary/aromatic N) is 5. The van der Waals surface area contributed by atoms with Crippen LogP contribution in [0, 0.1) is 0 Å². The second-order valence-electron chi connectivity index (χ2n) is 6.61. The lowest BCUT2D eigenvalue weighted by atomic mass is 10.1. The van der Waals surface area contributed by atoms with Crippen LogP contribution in [0.2, 0.25) is 0 Å². The van der Waals surface area contributed by atoms with Crippen LogP contribution in [-0.2, 0) is 0 Å². The Kier molecular flexibility index (Phi) is 4.75. The van der Waals surface area contributed by atoms with Gasteiger partial charge in [0.25, 0.3) is 0 Å². The number of hydrogen-bond donors (Lipinski definition) is 1. The number of para-hydroxylation sites is 1. The highest BCUT2D eigenvalue weighted by Gasteiger charge is 2.15. The van der Waals surface area contributed by atoms with E-state index in [1.54, 1.807) is 11.1 Å². The van der Waals surface area contributed by atoms with E-state index in [1.165, 1.54) is 0 Å². The molecule has 3 heterocycles. The maximum atomic E-state index is 4.79. The van der Waals surface area contributed by atoms with Crippen molar-refractivity contribution in [2.24, 2.45) is 5.10 Å². The number of likely N-dealkylation sites (N-methyl/N-ethyl adjacent to an activating group) is 1. The first-order chi connectivity index (χ1) is 12.8. The molecule has 1 aromatic carbocycles. The molecular weight excluding hydrogens is 324 g/mol. The first-order valence-corrected chi connectivity index (χ1v) is 8.95. The fourth-order valence-electron chi connectivity index (χ4n) is 3.06. The molecule has 0 bridgehead atoms. The second-order valence-corrected chi connectivity index (χ2v) is 6.61. The SMILES string of the molecule is C[NH+]1CCN(/N=C\c2cn(-c3ccccc3)nc2-c2cccnc2)CC1. The van der Waals surface area contributed by atoms with E-state index in [0.717, 1.165) is 48.7 Å². The average molecular weight is 347 g/mol. The lowest BCUT2D eigenvalue weighted by Crippen LogP contribution is -3.11. The summed E-state index contributed by atoms with van der Waals surface area (Å²) in [6, 6.07) is 14.1. The van der Waals surface area contributed by atoms with Gasteiger partial charge in [0.1, 0.15) is 5.69 Å². The Morgan fingerprint density at radius 1 is 1.08 bits per heavy atom. The van der Waals surface area contributed by atoms with Gasteiger partial charge < -0.3 is 4.90 Å². The number of aromatic nitrogens is 3. The van der Waals surface area contributed by atoms with Crippen molar-refractivity contribution in [3.63, 3.8) is 0 Å². The van der Waals surface area contributed by atoms with Gasteiger partial charge in [0.05, 0.1) is 45.1 Å². The topological polar surface area (TPSA) is 50.8 Å². The van der Waals surface area contributed by atoms with Gasteiger partial charge in [0, 0.05) is 29.7 Å². The molecule has 0 amide bonds. The summed E-state index contributed by atoms with van der Waals surface area (Å²) in [6.07, 6.45) is 7.57. The molecule has 132 valence electrons. The number of rotatable bonds is 4. The third-order valence-electron chi connectivity index (χ3n) is 4.65. The van der Waals surface area contributed by atoms with Gasteiger partial charge in [-0.25, -0.2) is 4.68 Å². The number of pyridine rings is 1. The third kappa shape index (κ3) is 3.65. The normalized spacial score (nSPS) is 15.7. The zero-order chi connectivity index (χ0) is 17.8. The Morgan fingerprint density at radius 2 is 1.88 bits per heavy atom. The van der Waals surface area contributed by atoms with Crippen LogP contribution in [0.15, 0.2) is 66.2 Å². The monoisotopic (exact) mass is 347 g/mol. The molecule has 1 aliphatic heterocycles. The van der Waals surface area contributed by atoms with Crippen molar-refractivity contribution in [2.45, 2.75) is 0 Å². The minimum atomic E-state index is 0.894. The van der Waals surface area contributed by atoms with Crippen LogP contribution in [0.25, 0.3) is 16.9 Å². The quantitative estimate of drug-likeness (QED) is 0.719. The van der Waals surface area contributed by atoms with E-state index in [0.29, 0.717) is 0 Å². The number of hydrazone groups is 1. The fourth-order valence-corrected chi connectivity index (χ4v) is 3.06. The highest BCUT2D eigenvalue weighted by Crippen LogP contribution is 2.21. The first-order valence-electron chi connectivity index (χ1n) is 8.95. The van der Waals surface area contributed by atoms with Gasteiger partial charge in [-0.2, -0.15) is 10.2 Å². The summed E-state index contributed by atoms with van der Waals surface area (Å²) in [7, 11) is 2.23. The molecule has 1 saturated heterocycles. The Bertz CT molecular complexity index is 864. The summed E-state index contributed by atoms with van der Waals surface area (Å²) in [6.45, 7) is 4.21. The molecular formula is C20H23N6+. The predicted molar refractivity (Wildman–Crippen MR) is 103 cm³/mol. The largest absolute Gasteiger partial charge is 0.334 e. The minimum Gasteiger partial charge on any atom is -0.334 e. The highest BCUT2D eigenvalue weighted by atomic mass is 15.5. The van der Waals surface area contributed by atoms with Gasteiger partial charge in [-0.05, 0) is 24.3 Å². The number of benzene rings is 1. The zero-order valence-corrected chi connectivity index (χ0v) is 14.9. The van der Waals surface area contributed by atoms with E-state index in [1.807, 2.05) is 65.8 Å². The smallest absolute Gasteiger partial charge is 0.103 e. The van der Waals surface area contributed by atoms with Crippen molar-refractivity contribution < 1.29 is 4.90 Å². The molecule has 0 saturated carbocycles. The highest BCUT2D eigenvalue weighted by molar-refractivity contribution is 5.88. The summed E-state index contributed by atoms with van der Waals surface area (Å²) in [4.78, 5) is 5.80. The van der Waals surface area contributed by atoms with E-state index in [2.05, 4.69) is 17.0 Å². The molecule has 3 aromatic rings. The molecule has 1 fully saturated rings. The van der Waals surface area contributed by atoms with E-state index < -0.39 is 0 Å². The van der Waals surface area contributed by atoms with Gasteiger partial charge in [0.15, 0.2) is 0 Å². The maximum absolute atomic E-state index is 4.79. The molecule has 6 nitrogen and oxygen atoms in total. The molecule has 0 radical (unpaired) electrons. The lowest BCUT2D eigenvalue weighted by molar-refractivity contribution is -0.884. The van der Waals surface area contributed by atoms with Crippen LogP contribution in [0.5, 0.6) is 0 Å². The summed E-state index contributed by atoms with van der Waals surface area (Å²) >= 11 is 0. The molecule has 26 heavy (non-hydrogen) atoms. The Labute approximate surface area is 153 Å². The minimum absolute atomic E-state index is 0.894. The summed E-state index contributed by atoms with van der Waals surface area (Å²) in [5.74, 6) is 0. The summed E-state index contributed by atoms with van der Waals surface area (Å²) in [5, 5.41) is 11.6. The Morgan fingerprint density at radius 3 is 2.62 bits per heavy atom. The molecule has 1 N–H and O–H groups in total. The van der Waals surface area contributed by atoms with Crippen molar-refractivity contribution in [2.75, 3.05) is 33.2 Å².